The summed E-state index contributed by atoms with van der Waals surface area (Å²) in [5.74, 6) is 0. The van der Waals surface area contributed by atoms with E-state index in [2.05, 4.69) is 12.1 Å². The van der Waals surface area contributed by atoms with Crippen LogP contribution in [0.2, 0.25) is 0 Å². The van der Waals surface area contributed by atoms with E-state index in [0.717, 1.165) is 12.8 Å². The van der Waals surface area contributed by atoms with E-state index < -0.39 is 0 Å². The highest BCUT2D eigenvalue weighted by molar-refractivity contribution is 5.14. The largest absolute Gasteiger partial charge is 0.389 e. The van der Waals surface area contributed by atoms with Crippen molar-refractivity contribution >= 4 is 0 Å². The molecular weight excluding hydrogens is 160 g/mol. The molecule has 1 N–H and O–H groups in total. The summed E-state index contributed by atoms with van der Waals surface area (Å²) in [6.45, 7) is 1.92. The Hall–Kier alpha value is -1.08. The Morgan fingerprint density at radius 2 is 2.00 bits per heavy atom. The summed E-state index contributed by atoms with van der Waals surface area (Å²) in [5.41, 5.74) is 1.28. The molecule has 70 valence electrons. The second-order valence-electron chi connectivity index (χ2n) is 3.12. The average molecular weight is 176 g/mol. The van der Waals surface area contributed by atoms with Crippen LogP contribution in [0.4, 0.5) is 0 Å². The Kier molecular flexibility index (Phi) is 4.27. The highest BCUT2D eigenvalue weighted by atomic mass is 16.3. The van der Waals surface area contributed by atoms with Crippen molar-refractivity contribution in [2.45, 2.75) is 25.9 Å². The molecule has 0 aromatic heterocycles. The molecular formula is C12H16O. The minimum Gasteiger partial charge on any atom is -0.389 e. The highest BCUT2D eigenvalue weighted by Crippen LogP contribution is 2.05. The highest BCUT2D eigenvalue weighted by Gasteiger charge is 1.98. The summed E-state index contributed by atoms with van der Waals surface area (Å²) < 4.78 is 0. The smallest absolute Gasteiger partial charge is 0.0724 e. The number of allylic oxidation sites excluding steroid dienone is 1. The lowest BCUT2D eigenvalue weighted by atomic mass is 10.1. The lowest BCUT2D eigenvalue weighted by molar-refractivity contribution is 0.213. The van der Waals surface area contributed by atoms with Crippen LogP contribution in [0.1, 0.15) is 18.9 Å². The Labute approximate surface area is 79.7 Å². The Bertz CT molecular complexity index is 251. The van der Waals surface area contributed by atoms with E-state index >= 15 is 0 Å². The Morgan fingerprint density at radius 1 is 1.31 bits per heavy atom. The number of aliphatic hydroxyl groups excluding tert-OH is 1. The van der Waals surface area contributed by atoms with Crippen LogP contribution >= 0.6 is 0 Å². The first-order valence-corrected chi connectivity index (χ1v) is 4.67. The fourth-order valence-electron chi connectivity index (χ4n) is 1.28. The van der Waals surface area contributed by atoms with E-state index in [-0.39, 0.29) is 6.10 Å². The molecule has 0 aliphatic carbocycles. The summed E-state index contributed by atoms with van der Waals surface area (Å²) in [6.07, 6.45) is 5.14. The van der Waals surface area contributed by atoms with E-state index in [1.165, 1.54) is 5.56 Å². The monoisotopic (exact) mass is 176 g/mol. The van der Waals surface area contributed by atoms with Gasteiger partial charge in [0.25, 0.3) is 0 Å². The Morgan fingerprint density at radius 3 is 2.62 bits per heavy atom. The molecule has 1 heteroatoms. The van der Waals surface area contributed by atoms with Gasteiger partial charge in [-0.25, -0.2) is 0 Å². The third-order valence-electron chi connectivity index (χ3n) is 1.99. The van der Waals surface area contributed by atoms with Crippen LogP contribution in [0.3, 0.4) is 0 Å². The molecule has 0 amide bonds. The van der Waals surface area contributed by atoms with E-state index in [1.54, 1.807) is 0 Å². The first-order valence-electron chi connectivity index (χ1n) is 4.67. The third kappa shape index (κ3) is 3.90. The molecule has 0 bridgehead atoms. The zero-order valence-electron chi connectivity index (χ0n) is 7.98. The van der Waals surface area contributed by atoms with E-state index in [9.17, 15) is 5.11 Å². The van der Waals surface area contributed by atoms with Crippen LogP contribution in [-0.4, -0.2) is 11.2 Å². The molecule has 1 aromatic carbocycles. The van der Waals surface area contributed by atoms with Gasteiger partial charge in [0.05, 0.1) is 6.10 Å². The maximum atomic E-state index is 9.42. The van der Waals surface area contributed by atoms with Gasteiger partial charge in [0.15, 0.2) is 0 Å². The molecule has 0 unspecified atom stereocenters. The topological polar surface area (TPSA) is 20.2 Å². The SMILES string of the molecule is C/C=C/[C@@H](O)CCc1ccccc1. The Balaban J connectivity index is 2.35. The van der Waals surface area contributed by atoms with Crippen molar-refractivity contribution in [1.29, 1.82) is 0 Å². The van der Waals surface area contributed by atoms with Gasteiger partial charge in [-0.3, -0.25) is 0 Å². The summed E-state index contributed by atoms with van der Waals surface area (Å²) in [7, 11) is 0. The molecule has 0 saturated carbocycles. The molecule has 13 heavy (non-hydrogen) atoms. The minimum atomic E-state index is -0.301. The van der Waals surface area contributed by atoms with Gasteiger partial charge in [-0.1, -0.05) is 42.5 Å². The number of rotatable bonds is 4. The van der Waals surface area contributed by atoms with Crippen LogP contribution in [0.5, 0.6) is 0 Å². The number of hydrogen-bond donors (Lipinski definition) is 1. The van der Waals surface area contributed by atoms with Crippen LogP contribution in [0.15, 0.2) is 42.5 Å². The van der Waals surface area contributed by atoms with E-state index in [0.29, 0.717) is 0 Å². The standard InChI is InChI=1S/C12H16O/c1-2-6-12(13)10-9-11-7-4-3-5-8-11/h2-8,12-13H,9-10H2,1H3/b6-2+/t12-/m1/s1. The van der Waals surface area contributed by atoms with Gasteiger partial charge in [-0.05, 0) is 25.3 Å². The van der Waals surface area contributed by atoms with Gasteiger partial charge < -0.3 is 5.11 Å². The van der Waals surface area contributed by atoms with Crippen LogP contribution in [-0.2, 0) is 6.42 Å². The van der Waals surface area contributed by atoms with Crippen molar-refractivity contribution in [1.82, 2.24) is 0 Å². The molecule has 1 atom stereocenters. The molecule has 0 fully saturated rings. The molecule has 0 heterocycles. The molecule has 0 spiro atoms. The molecule has 0 aliphatic heterocycles. The molecule has 0 aliphatic rings. The van der Waals surface area contributed by atoms with Gasteiger partial charge >= 0.3 is 0 Å². The fourth-order valence-corrected chi connectivity index (χ4v) is 1.28. The predicted octanol–water partition coefficient (Wildman–Crippen LogP) is 2.56. The second kappa shape index (κ2) is 5.55. The molecule has 0 saturated heterocycles. The summed E-state index contributed by atoms with van der Waals surface area (Å²) in [6, 6.07) is 10.2. The molecule has 0 radical (unpaired) electrons. The fraction of sp³-hybridized carbons (Fsp3) is 0.333. The lowest BCUT2D eigenvalue weighted by Crippen LogP contribution is -2.03. The third-order valence-corrected chi connectivity index (χ3v) is 1.99. The predicted molar refractivity (Wildman–Crippen MR) is 55.6 cm³/mol. The van der Waals surface area contributed by atoms with E-state index in [1.807, 2.05) is 37.3 Å². The summed E-state index contributed by atoms with van der Waals surface area (Å²) in [5, 5.41) is 9.42. The second-order valence-corrected chi connectivity index (χ2v) is 3.12. The molecule has 1 nitrogen and oxygen atoms in total. The van der Waals surface area contributed by atoms with Crippen molar-refractivity contribution in [3.05, 3.63) is 48.0 Å². The van der Waals surface area contributed by atoms with Crippen molar-refractivity contribution in [2.24, 2.45) is 0 Å². The van der Waals surface area contributed by atoms with Crippen molar-refractivity contribution < 1.29 is 5.11 Å². The number of aryl methyl sites for hydroxylation is 1. The quantitative estimate of drug-likeness (QED) is 0.699. The van der Waals surface area contributed by atoms with Gasteiger partial charge in [-0.15, -0.1) is 0 Å². The van der Waals surface area contributed by atoms with Crippen molar-refractivity contribution in [2.75, 3.05) is 0 Å². The zero-order valence-corrected chi connectivity index (χ0v) is 7.98. The minimum absolute atomic E-state index is 0.301. The molecule has 1 aromatic rings. The number of benzene rings is 1. The lowest BCUT2D eigenvalue weighted by Gasteiger charge is -2.04. The maximum absolute atomic E-state index is 9.42. The summed E-state index contributed by atoms with van der Waals surface area (Å²) >= 11 is 0. The first kappa shape index (κ1) is 10.0. The summed E-state index contributed by atoms with van der Waals surface area (Å²) in [4.78, 5) is 0. The zero-order chi connectivity index (χ0) is 9.52. The van der Waals surface area contributed by atoms with Gasteiger partial charge in [0, 0.05) is 0 Å². The van der Waals surface area contributed by atoms with Crippen LogP contribution < -0.4 is 0 Å². The average Bonchev–Trinajstić information content (AvgIpc) is 2.17. The number of aliphatic hydroxyl groups is 1. The normalized spacial score (nSPS) is 13.4. The van der Waals surface area contributed by atoms with Gasteiger partial charge in [-0.2, -0.15) is 0 Å². The van der Waals surface area contributed by atoms with Gasteiger partial charge in [0.2, 0.25) is 0 Å². The van der Waals surface area contributed by atoms with Crippen molar-refractivity contribution in [3.63, 3.8) is 0 Å². The van der Waals surface area contributed by atoms with Crippen LogP contribution in [0.25, 0.3) is 0 Å². The molecule has 1 rings (SSSR count). The first-order chi connectivity index (χ1) is 6.33. The maximum Gasteiger partial charge on any atom is 0.0724 e. The van der Waals surface area contributed by atoms with E-state index in [4.69, 9.17) is 0 Å². The number of hydrogen-bond acceptors (Lipinski definition) is 1. The van der Waals surface area contributed by atoms with Crippen molar-refractivity contribution in [3.8, 4) is 0 Å². The van der Waals surface area contributed by atoms with Crippen LogP contribution in [0, 0.1) is 0 Å². The van der Waals surface area contributed by atoms with Gasteiger partial charge in [0.1, 0.15) is 0 Å².